The first-order valence-corrected chi connectivity index (χ1v) is 8.14. The standard InChI is InChI=1S/C18H18N4O6/c1-3-28-14-7-5-13(6-8-14)20-17(23)18(24)21-19-11-12-4-9-16(27-2)15(10-12)22(25)26/h4-11H,3H2,1-2H3,(H,20,23)(H,21,24)/b19-11-. The van der Waals surface area contributed by atoms with Crippen molar-refractivity contribution >= 4 is 29.4 Å². The Kier molecular flexibility index (Phi) is 7.03. The minimum atomic E-state index is -0.992. The van der Waals surface area contributed by atoms with E-state index >= 15 is 0 Å². The van der Waals surface area contributed by atoms with E-state index in [0.717, 1.165) is 0 Å². The monoisotopic (exact) mass is 386 g/mol. The molecule has 10 heteroatoms. The zero-order chi connectivity index (χ0) is 20.5. The third-order valence-corrected chi connectivity index (χ3v) is 3.41. The second kappa shape index (κ2) is 9.67. The average Bonchev–Trinajstić information content (AvgIpc) is 2.69. The van der Waals surface area contributed by atoms with Crippen LogP contribution in [0.25, 0.3) is 0 Å². The van der Waals surface area contributed by atoms with Crippen LogP contribution in [0, 0.1) is 10.1 Å². The zero-order valence-corrected chi connectivity index (χ0v) is 15.2. The molecule has 2 amide bonds. The predicted octanol–water partition coefficient (Wildman–Crippen LogP) is 2.09. The summed E-state index contributed by atoms with van der Waals surface area (Å²) in [5.74, 6) is -1.17. The number of carbonyl (C=O) groups is 2. The molecule has 0 bridgehead atoms. The minimum Gasteiger partial charge on any atom is -0.494 e. The van der Waals surface area contributed by atoms with Crippen LogP contribution in [0.4, 0.5) is 11.4 Å². The quantitative estimate of drug-likeness (QED) is 0.324. The van der Waals surface area contributed by atoms with Gasteiger partial charge in [-0.2, -0.15) is 5.10 Å². The fourth-order valence-electron chi connectivity index (χ4n) is 2.14. The molecule has 0 aliphatic rings. The second-order valence-electron chi connectivity index (χ2n) is 5.30. The van der Waals surface area contributed by atoms with Crippen molar-refractivity contribution in [3.05, 3.63) is 58.1 Å². The summed E-state index contributed by atoms with van der Waals surface area (Å²) in [5, 5.41) is 17.0. The highest BCUT2D eigenvalue weighted by atomic mass is 16.6. The Morgan fingerprint density at radius 2 is 1.89 bits per heavy atom. The van der Waals surface area contributed by atoms with Crippen molar-refractivity contribution in [1.82, 2.24) is 5.43 Å². The van der Waals surface area contributed by atoms with Gasteiger partial charge in [0.2, 0.25) is 0 Å². The van der Waals surface area contributed by atoms with Gasteiger partial charge in [0, 0.05) is 17.3 Å². The Hall–Kier alpha value is -3.95. The topological polar surface area (TPSA) is 132 Å². The van der Waals surface area contributed by atoms with Crippen molar-refractivity contribution < 1.29 is 24.0 Å². The number of rotatable bonds is 7. The van der Waals surface area contributed by atoms with Crippen LogP contribution >= 0.6 is 0 Å². The van der Waals surface area contributed by atoms with Gasteiger partial charge in [-0.15, -0.1) is 0 Å². The van der Waals surface area contributed by atoms with Gasteiger partial charge in [-0.1, -0.05) is 0 Å². The van der Waals surface area contributed by atoms with Gasteiger partial charge in [0.25, 0.3) is 0 Å². The molecule has 0 saturated carbocycles. The van der Waals surface area contributed by atoms with E-state index in [1.807, 2.05) is 6.92 Å². The van der Waals surface area contributed by atoms with Gasteiger partial charge in [0.15, 0.2) is 5.75 Å². The molecule has 2 aromatic rings. The van der Waals surface area contributed by atoms with Gasteiger partial charge >= 0.3 is 17.5 Å². The lowest BCUT2D eigenvalue weighted by atomic mass is 10.2. The highest BCUT2D eigenvalue weighted by molar-refractivity contribution is 6.39. The summed E-state index contributed by atoms with van der Waals surface area (Å²) in [6, 6.07) is 10.7. The molecule has 146 valence electrons. The first-order valence-electron chi connectivity index (χ1n) is 8.14. The molecule has 0 aliphatic carbocycles. The van der Waals surface area contributed by atoms with E-state index in [1.54, 1.807) is 24.3 Å². The van der Waals surface area contributed by atoms with Gasteiger partial charge in [-0.3, -0.25) is 19.7 Å². The van der Waals surface area contributed by atoms with Crippen LogP contribution in [-0.2, 0) is 9.59 Å². The summed E-state index contributed by atoms with van der Waals surface area (Å²) >= 11 is 0. The van der Waals surface area contributed by atoms with E-state index in [-0.39, 0.29) is 11.4 Å². The number of amides is 2. The number of hydrogen-bond acceptors (Lipinski definition) is 7. The van der Waals surface area contributed by atoms with Crippen molar-refractivity contribution in [1.29, 1.82) is 0 Å². The molecule has 0 heterocycles. The summed E-state index contributed by atoms with van der Waals surface area (Å²) in [4.78, 5) is 34.0. The number of methoxy groups -OCH3 is 1. The van der Waals surface area contributed by atoms with Crippen LogP contribution in [0.5, 0.6) is 11.5 Å². The molecule has 0 fully saturated rings. The zero-order valence-electron chi connectivity index (χ0n) is 15.2. The highest BCUT2D eigenvalue weighted by Crippen LogP contribution is 2.26. The number of anilines is 1. The molecule has 2 aromatic carbocycles. The van der Waals surface area contributed by atoms with E-state index in [0.29, 0.717) is 23.6 Å². The van der Waals surface area contributed by atoms with E-state index in [1.165, 1.54) is 31.5 Å². The number of hydrazone groups is 1. The first-order chi connectivity index (χ1) is 13.4. The molecule has 2 rings (SSSR count). The Labute approximate surface area is 160 Å². The van der Waals surface area contributed by atoms with Crippen LogP contribution in [0.1, 0.15) is 12.5 Å². The van der Waals surface area contributed by atoms with Crippen molar-refractivity contribution in [3.8, 4) is 11.5 Å². The molecule has 0 unspecified atom stereocenters. The second-order valence-corrected chi connectivity index (χ2v) is 5.30. The number of nitrogens with one attached hydrogen (secondary N) is 2. The van der Waals surface area contributed by atoms with Gasteiger partial charge in [0.05, 0.1) is 24.9 Å². The Balaban J connectivity index is 1.94. The van der Waals surface area contributed by atoms with Crippen molar-refractivity contribution in [2.45, 2.75) is 6.92 Å². The fourth-order valence-corrected chi connectivity index (χ4v) is 2.14. The highest BCUT2D eigenvalue weighted by Gasteiger charge is 2.15. The van der Waals surface area contributed by atoms with Crippen LogP contribution in [0.15, 0.2) is 47.6 Å². The van der Waals surface area contributed by atoms with E-state index in [2.05, 4.69) is 15.8 Å². The summed E-state index contributed by atoms with van der Waals surface area (Å²) < 4.78 is 10.2. The van der Waals surface area contributed by atoms with Crippen LogP contribution in [0.2, 0.25) is 0 Å². The molecule has 0 radical (unpaired) electrons. The largest absolute Gasteiger partial charge is 0.494 e. The number of nitro groups is 1. The third kappa shape index (κ3) is 5.53. The van der Waals surface area contributed by atoms with E-state index in [4.69, 9.17) is 9.47 Å². The SMILES string of the molecule is CCOc1ccc(NC(=O)C(=O)N/N=C\c2ccc(OC)c([N+](=O)[O-])c2)cc1. The van der Waals surface area contributed by atoms with Crippen molar-refractivity contribution in [3.63, 3.8) is 0 Å². The Morgan fingerprint density at radius 1 is 1.18 bits per heavy atom. The number of hydrogen-bond donors (Lipinski definition) is 2. The molecular formula is C18H18N4O6. The van der Waals surface area contributed by atoms with Crippen LogP contribution < -0.4 is 20.2 Å². The van der Waals surface area contributed by atoms with Crippen LogP contribution in [-0.4, -0.2) is 36.7 Å². The summed E-state index contributed by atoms with van der Waals surface area (Å²) in [6.07, 6.45) is 1.18. The normalized spacial score (nSPS) is 10.4. The maximum absolute atomic E-state index is 11.9. The fraction of sp³-hybridized carbons (Fsp3) is 0.167. The number of nitrogens with zero attached hydrogens (tertiary/aromatic N) is 2. The maximum Gasteiger partial charge on any atom is 0.329 e. The molecule has 10 nitrogen and oxygen atoms in total. The predicted molar refractivity (Wildman–Crippen MR) is 102 cm³/mol. The molecule has 0 saturated heterocycles. The third-order valence-electron chi connectivity index (χ3n) is 3.41. The smallest absolute Gasteiger partial charge is 0.329 e. The number of carbonyl (C=O) groups excluding carboxylic acids is 2. The molecular weight excluding hydrogens is 368 g/mol. The lowest BCUT2D eigenvalue weighted by molar-refractivity contribution is -0.385. The molecule has 0 aromatic heterocycles. The van der Waals surface area contributed by atoms with Gasteiger partial charge < -0.3 is 14.8 Å². The number of ether oxygens (including phenoxy) is 2. The number of benzene rings is 2. The molecule has 0 spiro atoms. The molecule has 0 atom stereocenters. The summed E-state index contributed by atoms with van der Waals surface area (Å²) in [6.45, 7) is 2.37. The Bertz CT molecular complexity index is 895. The summed E-state index contributed by atoms with van der Waals surface area (Å²) in [7, 11) is 1.32. The first kappa shape index (κ1) is 20.4. The van der Waals surface area contributed by atoms with Crippen molar-refractivity contribution in [2.24, 2.45) is 5.10 Å². The van der Waals surface area contributed by atoms with Gasteiger partial charge in [-0.05, 0) is 43.3 Å². The van der Waals surface area contributed by atoms with Crippen molar-refractivity contribution in [2.75, 3.05) is 19.0 Å². The molecule has 0 aliphatic heterocycles. The van der Waals surface area contributed by atoms with Gasteiger partial charge in [-0.25, -0.2) is 5.43 Å². The van der Waals surface area contributed by atoms with Crippen LogP contribution in [0.3, 0.4) is 0 Å². The Morgan fingerprint density at radius 3 is 2.50 bits per heavy atom. The summed E-state index contributed by atoms with van der Waals surface area (Å²) in [5.41, 5.74) is 2.57. The molecule has 2 N–H and O–H groups in total. The lowest BCUT2D eigenvalue weighted by Crippen LogP contribution is -2.32. The number of nitro benzene ring substituents is 1. The molecule has 28 heavy (non-hydrogen) atoms. The lowest BCUT2D eigenvalue weighted by Gasteiger charge is -2.06. The van der Waals surface area contributed by atoms with Gasteiger partial charge in [0.1, 0.15) is 5.75 Å². The van der Waals surface area contributed by atoms with E-state index < -0.39 is 16.7 Å². The van der Waals surface area contributed by atoms with E-state index in [9.17, 15) is 19.7 Å². The minimum absolute atomic E-state index is 0.0981. The maximum atomic E-state index is 11.9. The average molecular weight is 386 g/mol.